The second-order valence-electron chi connectivity index (χ2n) is 7.37. The minimum atomic E-state index is -0.230. The maximum absolute atomic E-state index is 12.7. The van der Waals surface area contributed by atoms with Crippen LogP contribution in [0.15, 0.2) is 48.5 Å². The van der Waals surface area contributed by atoms with Crippen LogP contribution in [0.5, 0.6) is 0 Å². The normalized spacial score (nSPS) is 15.5. The molecule has 1 aliphatic rings. The molecule has 1 fully saturated rings. The molecule has 1 saturated heterocycles. The number of nitrogens with one attached hydrogen (secondary N) is 2. The van der Waals surface area contributed by atoms with Gasteiger partial charge in [-0.15, -0.1) is 0 Å². The van der Waals surface area contributed by atoms with Crippen molar-refractivity contribution >= 4 is 17.5 Å². The van der Waals surface area contributed by atoms with Crippen molar-refractivity contribution in [2.24, 2.45) is 0 Å². The standard InChI is InChI=1S/C23H29N3O3/c1-3-17(2)24-23(28)20-6-4-5-7-21(20)25-22(27)19-10-8-18(9-11-19)16-26-12-14-29-15-13-26/h4-11,17H,3,12-16H2,1-2H3,(H,24,28)(H,25,27)/t17-/m1/s1. The van der Waals surface area contributed by atoms with Crippen LogP contribution in [0.3, 0.4) is 0 Å². The van der Waals surface area contributed by atoms with Gasteiger partial charge in [0.1, 0.15) is 0 Å². The maximum Gasteiger partial charge on any atom is 0.255 e. The van der Waals surface area contributed by atoms with E-state index < -0.39 is 0 Å². The summed E-state index contributed by atoms with van der Waals surface area (Å²) >= 11 is 0. The van der Waals surface area contributed by atoms with Crippen LogP contribution < -0.4 is 10.6 Å². The average molecular weight is 396 g/mol. The number of morpholine rings is 1. The molecule has 2 aromatic rings. The smallest absolute Gasteiger partial charge is 0.255 e. The average Bonchev–Trinajstić information content (AvgIpc) is 2.75. The van der Waals surface area contributed by atoms with Gasteiger partial charge in [0, 0.05) is 31.2 Å². The van der Waals surface area contributed by atoms with E-state index in [0.29, 0.717) is 16.8 Å². The number of amides is 2. The maximum atomic E-state index is 12.7. The van der Waals surface area contributed by atoms with Crippen molar-refractivity contribution in [3.63, 3.8) is 0 Å². The molecule has 29 heavy (non-hydrogen) atoms. The van der Waals surface area contributed by atoms with Gasteiger partial charge in [-0.2, -0.15) is 0 Å². The summed E-state index contributed by atoms with van der Waals surface area (Å²) < 4.78 is 5.38. The predicted molar refractivity (Wildman–Crippen MR) is 114 cm³/mol. The number of nitrogens with zero attached hydrogens (tertiary/aromatic N) is 1. The summed E-state index contributed by atoms with van der Waals surface area (Å²) in [7, 11) is 0. The fourth-order valence-corrected chi connectivity index (χ4v) is 3.17. The van der Waals surface area contributed by atoms with Gasteiger partial charge in [-0.1, -0.05) is 31.2 Å². The van der Waals surface area contributed by atoms with E-state index >= 15 is 0 Å². The molecule has 2 aromatic carbocycles. The zero-order valence-electron chi connectivity index (χ0n) is 17.1. The van der Waals surface area contributed by atoms with Crippen molar-refractivity contribution in [2.75, 3.05) is 31.6 Å². The lowest BCUT2D eigenvalue weighted by molar-refractivity contribution is 0.0342. The van der Waals surface area contributed by atoms with Crippen molar-refractivity contribution < 1.29 is 14.3 Å². The minimum absolute atomic E-state index is 0.0743. The Morgan fingerprint density at radius 3 is 2.41 bits per heavy atom. The van der Waals surface area contributed by atoms with Crippen LogP contribution in [0.2, 0.25) is 0 Å². The number of rotatable bonds is 7. The van der Waals surface area contributed by atoms with Crippen LogP contribution in [-0.2, 0) is 11.3 Å². The van der Waals surface area contributed by atoms with E-state index in [1.807, 2.05) is 38.1 Å². The Hall–Kier alpha value is -2.70. The first-order chi connectivity index (χ1) is 14.1. The third kappa shape index (κ3) is 5.89. The Kier molecular flexibility index (Phi) is 7.38. The van der Waals surface area contributed by atoms with Crippen LogP contribution in [0.25, 0.3) is 0 Å². The molecule has 1 atom stereocenters. The second kappa shape index (κ2) is 10.2. The lowest BCUT2D eigenvalue weighted by Gasteiger charge is -2.26. The molecule has 2 amide bonds. The van der Waals surface area contributed by atoms with Gasteiger partial charge >= 0.3 is 0 Å². The SMILES string of the molecule is CC[C@@H](C)NC(=O)c1ccccc1NC(=O)c1ccc(CN2CCOCC2)cc1. The molecule has 6 nitrogen and oxygen atoms in total. The van der Waals surface area contributed by atoms with Crippen LogP contribution in [0, 0.1) is 0 Å². The molecule has 0 aromatic heterocycles. The highest BCUT2D eigenvalue weighted by molar-refractivity contribution is 6.09. The van der Waals surface area contributed by atoms with Crippen molar-refractivity contribution in [1.29, 1.82) is 0 Å². The molecule has 0 unspecified atom stereocenters. The molecule has 1 aliphatic heterocycles. The molecule has 2 N–H and O–H groups in total. The Morgan fingerprint density at radius 1 is 1.03 bits per heavy atom. The lowest BCUT2D eigenvalue weighted by atomic mass is 10.1. The van der Waals surface area contributed by atoms with Gasteiger partial charge in [-0.25, -0.2) is 0 Å². The van der Waals surface area contributed by atoms with Crippen molar-refractivity contribution in [2.45, 2.75) is 32.9 Å². The number of carbonyl (C=O) groups excluding carboxylic acids is 2. The highest BCUT2D eigenvalue weighted by Crippen LogP contribution is 2.17. The molecule has 154 valence electrons. The Bertz CT molecular complexity index is 830. The van der Waals surface area contributed by atoms with Crippen molar-refractivity contribution in [3.8, 4) is 0 Å². The Morgan fingerprint density at radius 2 is 1.72 bits per heavy atom. The van der Waals surface area contributed by atoms with E-state index in [2.05, 4.69) is 15.5 Å². The molecule has 0 bridgehead atoms. The summed E-state index contributed by atoms with van der Waals surface area (Å²) in [6.07, 6.45) is 0.844. The van der Waals surface area contributed by atoms with Gasteiger partial charge in [-0.3, -0.25) is 14.5 Å². The van der Waals surface area contributed by atoms with E-state index in [1.165, 1.54) is 0 Å². The Balaban J connectivity index is 1.65. The summed E-state index contributed by atoms with van der Waals surface area (Å²) in [6.45, 7) is 8.22. The number of ether oxygens (including phenoxy) is 1. The molecule has 3 rings (SSSR count). The van der Waals surface area contributed by atoms with Gasteiger partial charge in [0.2, 0.25) is 0 Å². The van der Waals surface area contributed by atoms with Crippen LogP contribution >= 0.6 is 0 Å². The van der Waals surface area contributed by atoms with Gasteiger partial charge in [0.05, 0.1) is 24.5 Å². The molecular formula is C23H29N3O3. The largest absolute Gasteiger partial charge is 0.379 e. The molecule has 0 spiro atoms. The number of hydrogen-bond acceptors (Lipinski definition) is 4. The number of anilines is 1. The number of benzene rings is 2. The summed E-state index contributed by atoms with van der Waals surface area (Å²) in [4.78, 5) is 27.5. The molecule has 0 saturated carbocycles. The third-order valence-corrected chi connectivity index (χ3v) is 5.14. The quantitative estimate of drug-likeness (QED) is 0.755. The summed E-state index contributed by atoms with van der Waals surface area (Å²) in [5.41, 5.74) is 2.70. The van der Waals surface area contributed by atoms with Gasteiger partial charge in [0.25, 0.3) is 11.8 Å². The van der Waals surface area contributed by atoms with Gasteiger partial charge < -0.3 is 15.4 Å². The zero-order chi connectivity index (χ0) is 20.6. The summed E-state index contributed by atoms with van der Waals surface area (Å²) in [6, 6.07) is 14.8. The molecule has 0 aliphatic carbocycles. The monoisotopic (exact) mass is 395 g/mol. The number of carbonyl (C=O) groups is 2. The second-order valence-corrected chi connectivity index (χ2v) is 7.37. The van der Waals surface area contributed by atoms with E-state index in [1.54, 1.807) is 24.3 Å². The predicted octanol–water partition coefficient (Wildman–Crippen LogP) is 3.30. The van der Waals surface area contributed by atoms with Crippen LogP contribution in [-0.4, -0.2) is 49.1 Å². The topological polar surface area (TPSA) is 70.7 Å². The van der Waals surface area contributed by atoms with Crippen LogP contribution in [0.1, 0.15) is 46.5 Å². The highest BCUT2D eigenvalue weighted by atomic mass is 16.5. The van der Waals surface area contributed by atoms with Gasteiger partial charge in [-0.05, 0) is 43.2 Å². The highest BCUT2D eigenvalue weighted by Gasteiger charge is 2.16. The van der Waals surface area contributed by atoms with Crippen molar-refractivity contribution in [3.05, 3.63) is 65.2 Å². The molecule has 0 radical (unpaired) electrons. The molecule has 6 heteroatoms. The van der Waals surface area contributed by atoms with Crippen LogP contribution in [0.4, 0.5) is 5.69 Å². The Labute approximate surface area is 172 Å². The van der Waals surface area contributed by atoms with E-state index in [9.17, 15) is 9.59 Å². The van der Waals surface area contributed by atoms with Crippen molar-refractivity contribution in [1.82, 2.24) is 10.2 Å². The first-order valence-electron chi connectivity index (χ1n) is 10.2. The zero-order valence-corrected chi connectivity index (χ0v) is 17.1. The van der Waals surface area contributed by atoms with E-state index in [0.717, 1.165) is 44.8 Å². The number of para-hydroxylation sites is 1. The first-order valence-corrected chi connectivity index (χ1v) is 10.2. The fraction of sp³-hybridized carbons (Fsp3) is 0.391. The minimum Gasteiger partial charge on any atom is -0.379 e. The fourth-order valence-electron chi connectivity index (χ4n) is 3.17. The molecule has 1 heterocycles. The summed E-state index contributed by atoms with van der Waals surface area (Å²) in [5, 5.41) is 5.81. The number of hydrogen-bond donors (Lipinski definition) is 2. The first kappa shape index (κ1) is 21.0. The van der Waals surface area contributed by atoms with E-state index in [4.69, 9.17) is 4.74 Å². The lowest BCUT2D eigenvalue weighted by Crippen LogP contribution is -2.35. The van der Waals surface area contributed by atoms with E-state index in [-0.39, 0.29) is 17.9 Å². The molecular weight excluding hydrogens is 366 g/mol. The third-order valence-electron chi connectivity index (χ3n) is 5.14. The van der Waals surface area contributed by atoms with Gasteiger partial charge in [0.15, 0.2) is 0 Å². The summed E-state index contributed by atoms with van der Waals surface area (Å²) in [5.74, 6) is -0.414.